The molecule has 4 N–H and O–H groups in total. The van der Waals surface area contributed by atoms with E-state index in [4.69, 9.17) is 10.7 Å². The highest BCUT2D eigenvalue weighted by molar-refractivity contribution is 6.09. The molecule has 1 saturated carbocycles. The number of H-pyrrole nitrogens is 1. The normalized spacial score (nSPS) is 22.9. The van der Waals surface area contributed by atoms with Crippen molar-refractivity contribution in [1.82, 2.24) is 25.5 Å². The van der Waals surface area contributed by atoms with Gasteiger partial charge in [-0.2, -0.15) is 15.1 Å². The Hall–Kier alpha value is -2.71. The third-order valence-electron chi connectivity index (χ3n) is 5.16. The number of nitrogen functional groups attached to an aromatic ring is 1. The number of anilines is 2. The molecule has 0 radical (unpaired) electrons. The number of piperidine rings is 1. The smallest absolute Gasteiger partial charge is 0.253 e. The van der Waals surface area contributed by atoms with Crippen molar-refractivity contribution >= 4 is 34.5 Å². The van der Waals surface area contributed by atoms with Crippen LogP contribution in [0.5, 0.6) is 0 Å². The van der Waals surface area contributed by atoms with Crippen LogP contribution in [0.4, 0.5) is 11.8 Å². The molecule has 0 bridgehead atoms. The lowest BCUT2D eigenvalue weighted by molar-refractivity contribution is -0.124. The minimum absolute atomic E-state index is 0.0553. The van der Waals surface area contributed by atoms with Gasteiger partial charge in [0.05, 0.1) is 11.6 Å². The molecule has 2 fully saturated rings. The van der Waals surface area contributed by atoms with E-state index in [-0.39, 0.29) is 11.9 Å². The quantitative estimate of drug-likeness (QED) is 0.724. The summed E-state index contributed by atoms with van der Waals surface area (Å²) in [6.07, 6.45) is 5.34. The summed E-state index contributed by atoms with van der Waals surface area (Å²) in [7, 11) is 0. The molecule has 1 amide bonds. The Morgan fingerprint density at radius 1 is 1.25 bits per heavy atom. The van der Waals surface area contributed by atoms with Crippen LogP contribution in [0.3, 0.4) is 0 Å². The lowest BCUT2D eigenvalue weighted by Crippen LogP contribution is -2.49. The van der Waals surface area contributed by atoms with Gasteiger partial charge >= 0.3 is 0 Å². The maximum Gasteiger partial charge on any atom is 0.253 e. The van der Waals surface area contributed by atoms with Crippen molar-refractivity contribution in [2.24, 2.45) is 10.9 Å². The van der Waals surface area contributed by atoms with Gasteiger partial charge in [0.2, 0.25) is 5.95 Å². The number of aliphatic imine (C=N–C) groups is 1. The SMILES string of the molecule is Nc1nc(N2CCC3(CC2)N=C(C2CC2)NC3=O)c2cn[nH]c2n1. The Bertz CT molecular complexity index is 859. The van der Waals surface area contributed by atoms with E-state index in [1.54, 1.807) is 6.20 Å². The minimum Gasteiger partial charge on any atom is -0.368 e. The van der Waals surface area contributed by atoms with Crippen LogP contribution in [-0.4, -0.2) is 50.5 Å². The maximum absolute atomic E-state index is 12.5. The fourth-order valence-electron chi connectivity index (χ4n) is 3.60. The molecular formula is C15H18N8O. The van der Waals surface area contributed by atoms with Crippen LogP contribution in [0.1, 0.15) is 25.7 Å². The van der Waals surface area contributed by atoms with Gasteiger partial charge in [0, 0.05) is 19.0 Å². The van der Waals surface area contributed by atoms with Gasteiger partial charge in [0.25, 0.3) is 5.91 Å². The van der Waals surface area contributed by atoms with Gasteiger partial charge < -0.3 is 16.0 Å². The molecule has 9 nitrogen and oxygen atoms in total. The molecule has 0 unspecified atom stereocenters. The lowest BCUT2D eigenvalue weighted by atomic mass is 9.88. The van der Waals surface area contributed by atoms with Crippen LogP contribution in [0, 0.1) is 5.92 Å². The average molecular weight is 326 g/mol. The number of amidine groups is 1. The fourth-order valence-corrected chi connectivity index (χ4v) is 3.60. The first-order chi connectivity index (χ1) is 11.6. The van der Waals surface area contributed by atoms with E-state index in [1.165, 1.54) is 0 Å². The van der Waals surface area contributed by atoms with E-state index in [2.05, 4.69) is 30.4 Å². The molecule has 1 aliphatic carbocycles. The van der Waals surface area contributed by atoms with Gasteiger partial charge in [0.1, 0.15) is 17.2 Å². The van der Waals surface area contributed by atoms with Crippen LogP contribution in [0.2, 0.25) is 0 Å². The van der Waals surface area contributed by atoms with Gasteiger partial charge in [-0.3, -0.25) is 14.9 Å². The van der Waals surface area contributed by atoms with E-state index in [9.17, 15) is 4.79 Å². The van der Waals surface area contributed by atoms with Crippen molar-refractivity contribution in [3.8, 4) is 0 Å². The largest absolute Gasteiger partial charge is 0.368 e. The van der Waals surface area contributed by atoms with Crippen LogP contribution in [-0.2, 0) is 4.79 Å². The summed E-state index contributed by atoms with van der Waals surface area (Å²) in [6, 6.07) is 0. The third kappa shape index (κ3) is 1.97. The van der Waals surface area contributed by atoms with Gasteiger partial charge in [-0.1, -0.05) is 0 Å². The number of fused-ring (bicyclic) bond motifs is 1. The highest BCUT2D eigenvalue weighted by Gasteiger charge is 2.48. The predicted molar refractivity (Wildman–Crippen MR) is 88.6 cm³/mol. The first-order valence-electron chi connectivity index (χ1n) is 8.27. The van der Waals surface area contributed by atoms with E-state index < -0.39 is 5.54 Å². The highest BCUT2D eigenvalue weighted by atomic mass is 16.2. The highest BCUT2D eigenvalue weighted by Crippen LogP contribution is 2.38. The molecule has 0 atom stereocenters. The zero-order valence-electron chi connectivity index (χ0n) is 13.1. The Morgan fingerprint density at radius 2 is 2.04 bits per heavy atom. The van der Waals surface area contributed by atoms with E-state index in [0.717, 1.165) is 29.9 Å². The van der Waals surface area contributed by atoms with Gasteiger partial charge in [0.15, 0.2) is 5.65 Å². The van der Waals surface area contributed by atoms with Gasteiger partial charge in [-0.05, 0) is 25.7 Å². The molecule has 24 heavy (non-hydrogen) atoms. The van der Waals surface area contributed by atoms with Crippen LogP contribution < -0.4 is 16.0 Å². The summed E-state index contributed by atoms with van der Waals surface area (Å²) in [6.45, 7) is 1.40. The van der Waals surface area contributed by atoms with Crippen LogP contribution >= 0.6 is 0 Å². The number of nitrogens with zero attached hydrogens (tertiary/aromatic N) is 5. The first-order valence-corrected chi connectivity index (χ1v) is 8.27. The second-order valence-corrected chi connectivity index (χ2v) is 6.78. The number of nitrogens with two attached hydrogens (primary N) is 1. The number of carbonyl (C=O) groups is 1. The van der Waals surface area contributed by atoms with Crippen molar-refractivity contribution in [2.45, 2.75) is 31.2 Å². The number of carbonyl (C=O) groups excluding carboxylic acids is 1. The standard InChI is InChI=1S/C15H18N8O/c16-14-19-11-9(7-17-22-11)12(20-14)23-5-3-15(4-6-23)13(24)18-10(21-15)8-1-2-8/h7-8H,1-6H2,(H,18,21,24)(H3,16,17,19,20,22). The molecule has 4 heterocycles. The molecule has 0 aromatic carbocycles. The molecule has 5 rings (SSSR count). The third-order valence-corrected chi connectivity index (χ3v) is 5.16. The molecule has 2 aromatic heterocycles. The molecule has 3 aliphatic rings. The van der Waals surface area contributed by atoms with Gasteiger partial charge in [-0.25, -0.2) is 0 Å². The molecule has 1 spiro atoms. The van der Waals surface area contributed by atoms with Crippen molar-refractivity contribution < 1.29 is 4.79 Å². The number of nitrogens with one attached hydrogen (secondary N) is 2. The van der Waals surface area contributed by atoms with Crippen LogP contribution in [0.25, 0.3) is 11.0 Å². The number of hydrogen-bond donors (Lipinski definition) is 3. The molecule has 2 aromatic rings. The van der Waals surface area contributed by atoms with Crippen molar-refractivity contribution in [3.63, 3.8) is 0 Å². The van der Waals surface area contributed by atoms with Gasteiger partial charge in [-0.15, -0.1) is 0 Å². The summed E-state index contributed by atoms with van der Waals surface area (Å²) in [4.78, 5) is 27.9. The predicted octanol–water partition coefficient (Wildman–Crippen LogP) is 0.212. The Kier molecular flexibility index (Phi) is 2.66. The Labute approximate surface area is 137 Å². The summed E-state index contributed by atoms with van der Waals surface area (Å²) < 4.78 is 0. The number of amides is 1. The number of aromatic nitrogens is 4. The Balaban J connectivity index is 1.42. The maximum atomic E-state index is 12.5. The molecular weight excluding hydrogens is 308 g/mol. The van der Waals surface area contributed by atoms with E-state index >= 15 is 0 Å². The lowest BCUT2D eigenvalue weighted by Gasteiger charge is -2.36. The summed E-state index contributed by atoms with van der Waals surface area (Å²) in [5.41, 5.74) is 5.84. The van der Waals surface area contributed by atoms with Crippen LogP contribution in [0.15, 0.2) is 11.2 Å². The molecule has 124 valence electrons. The number of rotatable bonds is 2. The summed E-state index contributed by atoms with van der Waals surface area (Å²) in [5.74, 6) is 2.41. The molecule has 1 saturated heterocycles. The second kappa shape index (κ2) is 4.65. The molecule has 2 aliphatic heterocycles. The van der Waals surface area contributed by atoms with Crippen molar-refractivity contribution in [2.75, 3.05) is 23.7 Å². The van der Waals surface area contributed by atoms with Crippen molar-refractivity contribution in [1.29, 1.82) is 0 Å². The topological polar surface area (TPSA) is 125 Å². The summed E-state index contributed by atoms with van der Waals surface area (Å²) in [5, 5.41) is 10.7. The molecule has 9 heteroatoms. The zero-order chi connectivity index (χ0) is 16.3. The fraction of sp³-hybridized carbons (Fsp3) is 0.533. The number of hydrogen-bond acceptors (Lipinski definition) is 7. The monoisotopic (exact) mass is 326 g/mol. The minimum atomic E-state index is -0.595. The first kappa shape index (κ1) is 13.7. The van der Waals surface area contributed by atoms with Crippen molar-refractivity contribution in [3.05, 3.63) is 6.20 Å². The summed E-state index contributed by atoms with van der Waals surface area (Å²) >= 11 is 0. The van der Waals surface area contributed by atoms with E-state index in [0.29, 0.717) is 37.5 Å². The second-order valence-electron chi connectivity index (χ2n) is 6.78. The number of aromatic amines is 1. The van der Waals surface area contributed by atoms with E-state index in [1.807, 2.05) is 0 Å². The average Bonchev–Trinajstić information content (AvgIpc) is 3.24. The zero-order valence-corrected chi connectivity index (χ0v) is 13.1. The Morgan fingerprint density at radius 3 is 2.79 bits per heavy atom.